The van der Waals surface area contributed by atoms with Crippen LogP contribution in [0.4, 0.5) is 4.39 Å². The minimum Gasteiger partial charge on any atom is -0.484 e. The predicted molar refractivity (Wildman–Crippen MR) is 94.3 cm³/mol. The van der Waals surface area contributed by atoms with Gasteiger partial charge in [-0.1, -0.05) is 13.8 Å². The van der Waals surface area contributed by atoms with Crippen molar-refractivity contribution in [3.8, 4) is 11.8 Å². The van der Waals surface area contributed by atoms with E-state index in [-0.39, 0.29) is 36.2 Å². The van der Waals surface area contributed by atoms with Gasteiger partial charge in [-0.05, 0) is 36.8 Å². The molecule has 1 aromatic rings. The summed E-state index contributed by atoms with van der Waals surface area (Å²) in [6.45, 7) is 4.34. The molecule has 0 N–H and O–H groups in total. The molecule has 1 fully saturated rings. The zero-order valence-electron chi connectivity index (χ0n) is 15.3. The lowest BCUT2D eigenvalue weighted by molar-refractivity contribution is -0.153. The lowest BCUT2D eigenvalue weighted by atomic mass is 9.69. The number of allylic oxidation sites excluding steroid dienone is 1. The number of nitrogens with zero attached hydrogens (tertiary/aromatic N) is 2. The number of carbonyl (C=O) groups is 2. The maximum Gasteiger partial charge on any atom is 0.260 e. The summed E-state index contributed by atoms with van der Waals surface area (Å²) in [5.74, 6) is -0.409. The molecular weight excluding hydrogens is 351 g/mol. The van der Waals surface area contributed by atoms with Crippen LogP contribution in [-0.2, 0) is 14.3 Å². The maximum absolute atomic E-state index is 12.9. The number of ether oxygens (including phenoxy) is 2. The van der Waals surface area contributed by atoms with Crippen LogP contribution >= 0.6 is 0 Å². The van der Waals surface area contributed by atoms with Crippen LogP contribution in [0.15, 0.2) is 35.9 Å². The van der Waals surface area contributed by atoms with Crippen molar-refractivity contribution < 1.29 is 23.5 Å². The van der Waals surface area contributed by atoms with Crippen molar-refractivity contribution in [3.63, 3.8) is 0 Å². The third-order valence-corrected chi connectivity index (χ3v) is 4.87. The van der Waals surface area contributed by atoms with Crippen LogP contribution in [0.25, 0.3) is 0 Å². The number of ketones is 1. The molecule has 1 saturated heterocycles. The van der Waals surface area contributed by atoms with Crippen LogP contribution in [0.2, 0.25) is 0 Å². The molecular formula is C20H21FN2O4. The molecule has 0 bridgehead atoms. The Kier molecular flexibility index (Phi) is 5.03. The van der Waals surface area contributed by atoms with Crippen molar-refractivity contribution in [2.24, 2.45) is 5.41 Å². The van der Waals surface area contributed by atoms with Crippen LogP contribution in [0.3, 0.4) is 0 Å². The van der Waals surface area contributed by atoms with Crippen LogP contribution < -0.4 is 4.74 Å². The lowest BCUT2D eigenvalue weighted by Gasteiger charge is -2.46. The number of halogens is 1. The number of benzene rings is 1. The number of amides is 1. The molecule has 1 heterocycles. The van der Waals surface area contributed by atoms with Gasteiger partial charge in [-0.2, -0.15) is 5.26 Å². The first-order chi connectivity index (χ1) is 12.7. The van der Waals surface area contributed by atoms with Gasteiger partial charge in [-0.25, -0.2) is 4.39 Å². The molecule has 1 spiro atoms. The molecule has 27 heavy (non-hydrogen) atoms. The van der Waals surface area contributed by atoms with Crippen LogP contribution in [0, 0.1) is 22.6 Å². The number of hydrogen-bond donors (Lipinski definition) is 0. The summed E-state index contributed by atoms with van der Waals surface area (Å²) in [5.41, 5.74) is -1.52. The summed E-state index contributed by atoms with van der Waals surface area (Å²) in [6.07, 6.45) is 1.95. The van der Waals surface area contributed by atoms with E-state index in [0.29, 0.717) is 25.3 Å². The summed E-state index contributed by atoms with van der Waals surface area (Å²) in [5, 5.41) is 9.29. The summed E-state index contributed by atoms with van der Waals surface area (Å²) < 4.78 is 24.3. The molecule has 1 amide bonds. The molecule has 142 valence electrons. The van der Waals surface area contributed by atoms with Crippen molar-refractivity contribution in [1.29, 1.82) is 5.26 Å². The second kappa shape index (κ2) is 7.12. The molecule has 1 unspecified atom stereocenters. The van der Waals surface area contributed by atoms with Gasteiger partial charge in [0.05, 0.1) is 18.7 Å². The topological polar surface area (TPSA) is 79.6 Å². The molecule has 1 aromatic carbocycles. The Labute approximate surface area is 157 Å². The summed E-state index contributed by atoms with van der Waals surface area (Å²) >= 11 is 0. The average Bonchev–Trinajstić information content (AvgIpc) is 2.64. The molecule has 1 aliphatic carbocycles. The van der Waals surface area contributed by atoms with Gasteiger partial charge < -0.3 is 14.4 Å². The van der Waals surface area contributed by atoms with Gasteiger partial charge in [-0.15, -0.1) is 0 Å². The van der Waals surface area contributed by atoms with Crippen molar-refractivity contribution >= 4 is 11.7 Å². The number of hydrogen-bond acceptors (Lipinski definition) is 5. The maximum atomic E-state index is 12.9. The van der Waals surface area contributed by atoms with E-state index in [0.717, 1.165) is 0 Å². The van der Waals surface area contributed by atoms with Gasteiger partial charge in [0.1, 0.15) is 23.2 Å². The fourth-order valence-corrected chi connectivity index (χ4v) is 3.64. The number of Topliss-reactive ketones (excluding diaryl/α,β-unsaturated/α-hetero) is 1. The Morgan fingerprint density at radius 1 is 1.37 bits per heavy atom. The van der Waals surface area contributed by atoms with E-state index in [2.05, 4.69) is 0 Å². The quantitative estimate of drug-likeness (QED) is 0.813. The fourth-order valence-electron chi connectivity index (χ4n) is 3.64. The third-order valence-electron chi connectivity index (χ3n) is 4.87. The highest BCUT2D eigenvalue weighted by Gasteiger charge is 2.48. The summed E-state index contributed by atoms with van der Waals surface area (Å²) in [4.78, 5) is 26.5. The number of morpholine rings is 1. The molecule has 2 aliphatic rings. The Hall–Kier alpha value is -2.72. The Morgan fingerprint density at radius 2 is 2.07 bits per heavy atom. The minimum atomic E-state index is -0.855. The fraction of sp³-hybridized carbons (Fsp3) is 0.450. The van der Waals surface area contributed by atoms with E-state index in [4.69, 9.17) is 9.47 Å². The predicted octanol–water partition coefficient (Wildman–Crippen LogP) is 2.25. The third kappa shape index (κ3) is 4.01. The molecule has 1 atom stereocenters. The van der Waals surface area contributed by atoms with Gasteiger partial charge in [0.25, 0.3) is 5.91 Å². The highest BCUT2D eigenvalue weighted by Crippen LogP contribution is 2.41. The van der Waals surface area contributed by atoms with Gasteiger partial charge in [-0.3, -0.25) is 9.59 Å². The number of carbonyl (C=O) groups excluding carboxylic acids is 2. The highest BCUT2D eigenvalue weighted by atomic mass is 19.1. The van der Waals surface area contributed by atoms with E-state index in [1.807, 2.05) is 6.07 Å². The van der Waals surface area contributed by atoms with E-state index in [1.54, 1.807) is 24.8 Å². The summed E-state index contributed by atoms with van der Waals surface area (Å²) in [6, 6.07) is 7.39. The molecule has 0 aromatic heterocycles. The van der Waals surface area contributed by atoms with Gasteiger partial charge in [0, 0.05) is 12.0 Å². The first kappa shape index (κ1) is 19.1. The first-order valence-electron chi connectivity index (χ1n) is 8.73. The van der Waals surface area contributed by atoms with E-state index >= 15 is 0 Å². The van der Waals surface area contributed by atoms with Crippen molar-refractivity contribution in [2.75, 3.05) is 26.3 Å². The Bertz CT molecular complexity index is 825. The number of nitriles is 1. The molecule has 7 heteroatoms. The van der Waals surface area contributed by atoms with Crippen molar-refractivity contribution in [3.05, 3.63) is 41.7 Å². The van der Waals surface area contributed by atoms with Gasteiger partial charge in [0.2, 0.25) is 0 Å². The minimum absolute atomic E-state index is 0.0723. The van der Waals surface area contributed by atoms with E-state index in [9.17, 15) is 19.2 Å². The van der Waals surface area contributed by atoms with E-state index < -0.39 is 11.0 Å². The lowest BCUT2D eigenvalue weighted by Crippen LogP contribution is -2.57. The molecule has 0 saturated carbocycles. The zero-order valence-corrected chi connectivity index (χ0v) is 15.3. The highest BCUT2D eigenvalue weighted by molar-refractivity contribution is 6.04. The Balaban J connectivity index is 1.71. The van der Waals surface area contributed by atoms with Crippen LogP contribution in [-0.4, -0.2) is 48.5 Å². The largest absolute Gasteiger partial charge is 0.484 e. The molecule has 3 rings (SSSR count). The van der Waals surface area contributed by atoms with Gasteiger partial charge in [0.15, 0.2) is 12.4 Å². The standard InChI is InChI=1S/C20H21FN2O4/c1-19(2)12-20(9-14(10-22)18(19)25)13-23(7-8-27-20)17(24)11-26-16-5-3-15(21)4-6-16/h3-6,9H,7-8,11-13H2,1-2H3. The number of rotatable bonds is 3. The van der Waals surface area contributed by atoms with Gasteiger partial charge >= 0.3 is 0 Å². The Morgan fingerprint density at radius 3 is 2.74 bits per heavy atom. The zero-order chi connectivity index (χ0) is 19.7. The SMILES string of the molecule is CC1(C)CC2(C=C(C#N)C1=O)CN(C(=O)COc1ccc(F)cc1)CCO2. The molecule has 1 aliphatic heterocycles. The second-order valence-electron chi connectivity index (χ2n) is 7.53. The van der Waals surface area contributed by atoms with Crippen LogP contribution in [0.5, 0.6) is 5.75 Å². The average molecular weight is 372 g/mol. The monoisotopic (exact) mass is 372 g/mol. The normalized spacial score (nSPS) is 24.3. The second-order valence-corrected chi connectivity index (χ2v) is 7.53. The summed E-state index contributed by atoms with van der Waals surface area (Å²) in [7, 11) is 0. The van der Waals surface area contributed by atoms with Crippen LogP contribution in [0.1, 0.15) is 20.3 Å². The molecule has 0 radical (unpaired) electrons. The smallest absolute Gasteiger partial charge is 0.260 e. The van der Waals surface area contributed by atoms with Crippen molar-refractivity contribution in [2.45, 2.75) is 25.9 Å². The van der Waals surface area contributed by atoms with Crippen molar-refractivity contribution in [1.82, 2.24) is 4.90 Å². The first-order valence-corrected chi connectivity index (χ1v) is 8.73. The van der Waals surface area contributed by atoms with E-state index in [1.165, 1.54) is 24.3 Å². The molecule has 6 nitrogen and oxygen atoms in total.